The van der Waals surface area contributed by atoms with Crippen LogP contribution in [0.5, 0.6) is 0 Å². The second-order valence-electron chi connectivity index (χ2n) is 4.88. The molecule has 1 aromatic rings. The van der Waals surface area contributed by atoms with E-state index in [0.717, 1.165) is 19.4 Å². The molecule has 1 saturated heterocycles. The molecule has 20 heavy (non-hydrogen) atoms. The van der Waals surface area contributed by atoms with Gasteiger partial charge < -0.3 is 15.1 Å². The lowest BCUT2D eigenvalue weighted by Gasteiger charge is -2.28. The minimum Gasteiger partial charge on any atom is -0.438 e. The van der Waals surface area contributed by atoms with Gasteiger partial charge in [0.25, 0.3) is 15.9 Å². The highest BCUT2D eigenvalue weighted by Gasteiger charge is 2.23. The van der Waals surface area contributed by atoms with E-state index in [1.165, 1.54) is 19.2 Å². The van der Waals surface area contributed by atoms with Crippen molar-refractivity contribution in [3.63, 3.8) is 0 Å². The average molecular weight is 301 g/mol. The summed E-state index contributed by atoms with van der Waals surface area (Å²) in [6.07, 6.45) is 1.69. The Morgan fingerprint density at radius 1 is 1.45 bits per heavy atom. The Balaban J connectivity index is 2.03. The van der Waals surface area contributed by atoms with E-state index in [9.17, 15) is 13.2 Å². The first-order valence-electron chi connectivity index (χ1n) is 6.50. The van der Waals surface area contributed by atoms with Gasteiger partial charge in [-0.25, -0.2) is 13.1 Å². The van der Waals surface area contributed by atoms with E-state index in [1.54, 1.807) is 0 Å². The molecule has 2 unspecified atom stereocenters. The molecule has 1 aliphatic heterocycles. The SMILES string of the molecule is CNS(=O)(=O)c1ccc(C(=O)NC2CCNC(C)C2)o1. The lowest BCUT2D eigenvalue weighted by molar-refractivity contribution is 0.0892. The van der Waals surface area contributed by atoms with Gasteiger partial charge in [0, 0.05) is 12.1 Å². The Bertz CT molecular complexity index is 581. The van der Waals surface area contributed by atoms with Crippen LogP contribution in [0.4, 0.5) is 0 Å². The molecule has 1 aliphatic rings. The highest BCUT2D eigenvalue weighted by Crippen LogP contribution is 2.15. The van der Waals surface area contributed by atoms with Gasteiger partial charge >= 0.3 is 0 Å². The zero-order valence-electron chi connectivity index (χ0n) is 11.5. The Hall–Kier alpha value is -1.38. The number of hydrogen-bond acceptors (Lipinski definition) is 5. The van der Waals surface area contributed by atoms with Crippen molar-refractivity contribution in [3.8, 4) is 0 Å². The first-order valence-corrected chi connectivity index (χ1v) is 7.98. The van der Waals surface area contributed by atoms with Gasteiger partial charge in [0.1, 0.15) is 0 Å². The number of carbonyl (C=O) groups is 1. The van der Waals surface area contributed by atoms with Crippen molar-refractivity contribution in [2.75, 3.05) is 13.6 Å². The van der Waals surface area contributed by atoms with E-state index in [2.05, 4.69) is 22.3 Å². The minimum absolute atomic E-state index is 0.00464. The number of furan rings is 1. The fourth-order valence-electron chi connectivity index (χ4n) is 2.21. The molecule has 0 radical (unpaired) electrons. The lowest BCUT2D eigenvalue weighted by atomic mass is 10.0. The molecule has 0 spiro atoms. The van der Waals surface area contributed by atoms with Crippen LogP contribution in [0.3, 0.4) is 0 Å². The van der Waals surface area contributed by atoms with Gasteiger partial charge in [0.15, 0.2) is 5.76 Å². The summed E-state index contributed by atoms with van der Waals surface area (Å²) in [5.74, 6) is -0.383. The third-order valence-corrected chi connectivity index (χ3v) is 4.58. The molecule has 112 valence electrons. The number of nitrogens with one attached hydrogen (secondary N) is 3. The quantitative estimate of drug-likeness (QED) is 0.730. The van der Waals surface area contributed by atoms with E-state index in [0.29, 0.717) is 6.04 Å². The largest absolute Gasteiger partial charge is 0.438 e. The van der Waals surface area contributed by atoms with Crippen molar-refractivity contribution < 1.29 is 17.6 Å². The van der Waals surface area contributed by atoms with Crippen LogP contribution < -0.4 is 15.4 Å². The Labute approximate surface area is 118 Å². The van der Waals surface area contributed by atoms with E-state index in [-0.39, 0.29) is 22.8 Å². The molecule has 3 N–H and O–H groups in total. The molecular formula is C12H19N3O4S. The van der Waals surface area contributed by atoms with Gasteiger partial charge in [-0.15, -0.1) is 0 Å². The molecule has 2 heterocycles. The van der Waals surface area contributed by atoms with Gasteiger partial charge in [-0.2, -0.15) is 0 Å². The van der Waals surface area contributed by atoms with E-state index >= 15 is 0 Å². The fraction of sp³-hybridized carbons (Fsp3) is 0.583. The summed E-state index contributed by atoms with van der Waals surface area (Å²) in [5.41, 5.74) is 0. The van der Waals surface area contributed by atoms with Crippen LogP contribution in [0, 0.1) is 0 Å². The highest BCUT2D eigenvalue weighted by molar-refractivity contribution is 7.89. The summed E-state index contributed by atoms with van der Waals surface area (Å²) in [4.78, 5) is 12.0. The fourth-order valence-corrected chi connectivity index (χ4v) is 2.85. The number of amides is 1. The molecule has 8 heteroatoms. The topological polar surface area (TPSA) is 100 Å². The molecule has 0 aromatic carbocycles. The third kappa shape index (κ3) is 3.38. The van der Waals surface area contributed by atoms with Gasteiger partial charge in [0.05, 0.1) is 0 Å². The van der Waals surface area contributed by atoms with Crippen LogP contribution in [0.1, 0.15) is 30.3 Å². The Morgan fingerprint density at radius 2 is 2.20 bits per heavy atom. The van der Waals surface area contributed by atoms with Crippen molar-refractivity contribution in [2.24, 2.45) is 0 Å². The van der Waals surface area contributed by atoms with Crippen LogP contribution in [0.15, 0.2) is 21.6 Å². The maximum atomic E-state index is 12.0. The minimum atomic E-state index is -3.66. The molecule has 1 aromatic heterocycles. The van der Waals surface area contributed by atoms with Crippen LogP contribution >= 0.6 is 0 Å². The summed E-state index contributed by atoms with van der Waals surface area (Å²) in [6, 6.07) is 3.06. The summed E-state index contributed by atoms with van der Waals surface area (Å²) in [5, 5.41) is 5.89. The van der Waals surface area contributed by atoms with Gasteiger partial charge in [0.2, 0.25) is 5.09 Å². The standard InChI is InChI=1S/C12H19N3O4S/c1-8-7-9(5-6-14-8)15-12(16)10-3-4-11(19-10)20(17,18)13-2/h3-4,8-9,13-14H,5-7H2,1-2H3,(H,15,16). The van der Waals surface area contributed by atoms with E-state index in [1.807, 2.05) is 0 Å². The average Bonchev–Trinajstić information content (AvgIpc) is 2.89. The summed E-state index contributed by atoms with van der Waals surface area (Å²) in [7, 11) is -2.37. The predicted molar refractivity (Wildman–Crippen MR) is 72.9 cm³/mol. The molecule has 1 amide bonds. The van der Waals surface area contributed by atoms with E-state index < -0.39 is 10.0 Å². The number of carbonyl (C=O) groups excluding carboxylic acids is 1. The summed E-state index contributed by atoms with van der Waals surface area (Å²) >= 11 is 0. The smallest absolute Gasteiger partial charge is 0.287 e. The van der Waals surface area contributed by atoms with Crippen LogP contribution in [0.25, 0.3) is 0 Å². The second-order valence-corrected chi connectivity index (χ2v) is 6.69. The van der Waals surface area contributed by atoms with Crippen LogP contribution in [-0.4, -0.2) is 40.0 Å². The molecule has 0 saturated carbocycles. The normalized spacial score (nSPS) is 23.5. The molecule has 0 bridgehead atoms. The van der Waals surface area contributed by atoms with Crippen molar-refractivity contribution in [3.05, 3.63) is 17.9 Å². The monoisotopic (exact) mass is 301 g/mol. The first kappa shape index (κ1) is 15.0. The number of hydrogen-bond donors (Lipinski definition) is 3. The molecule has 2 atom stereocenters. The van der Waals surface area contributed by atoms with Crippen molar-refractivity contribution in [1.29, 1.82) is 0 Å². The maximum Gasteiger partial charge on any atom is 0.287 e. The predicted octanol–water partition coefficient (Wildman–Crippen LogP) is 0.0580. The zero-order valence-corrected chi connectivity index (χ0v) is 12.3. The van der Waals surface area contributed by atoms with Gasteiger partial charge in [-0.1, -0.05) is 0 Å². The van der Waals surface area contributed by atoms with Crippen molar-refractivity contribution in [2.45, 2.75) is 36.9 Å². The third-order valence-electron chi connectivity index (χ3n) is 3.30. The number of piperidine rings is 1. The van der Waals surface area contributed by atoms with Gasteiger partial charge in [-0.3, -0.25) is 4.79 Å². The van der Waals surface area contributed by atoms with Crippen LogP contribution in [0.2, 0.25) is 0 Å². The van der Waals surface area contributed by atoms with Crippen LogP contribution in [-0.2, 0) is 10.0 Å². The highest BCUT2D eigenvalue weighted by atomic mass is 32.2. The molecule has 1 fully saturated rings. The zero-order chi connectivity index (χ0) is 14.8. The number of sulfonamides is 1. The summed E-state index contributed by atoms with van der Waals surface area (Å²) in [6.45, 7) is 2.91. The maximum absolute atomic E-state index is 12.0. The lowest BCUT2D eigenvalue weighted by Crippen LogP contribution is -2.46. The van der Waals surface area contributed by atoms with Crippen molar-refractivity contribution >= 4 is 15.9 Å². The molecule has 0 aliphatic carbocycles. The molecular weight excluding hydrogens is 282 g/mol. The second kappa shape index (κ2) is 5.94. The Morgan fingerprint density at radius 3 is 2.85 bits per heavy atom. The van der Waals surface area contributed by atoms with E-state index in [4.69, 9.17) is 4.42 Å². The first-order chi connectivity index (χ1) is 9.42. The van der Waals surface area contributed by atoms with Gasteiger partial charge in [-0.05, 0) is 45.5 Å². The number of rotatable bonds is 4. The Kier molecular flexibility index (Phi) is 4.46. The molecule has 7 nitrogen and oxygen atoms in total. The summed E-state index contributed by atoms with van der Waals surface area (Å²) < 4.78 is 30.3. The van der Waals surface area contributed by atoms with Crippen molar-refractivity contribution in [1.82, 2.24) is 15.4 Å². The molecule has 2 rings (SSSR count).